The molecule has 0 aliphatic heterocycles. The van der Waals surface area contributed by atoms with Gasteiger partial charge in [-0.2, -0.15) is 0 Å². The fraction of sp³-hybridized carbons (Fsp3) is 0.0500. The molecule has 31 heavy (non-hydrogen) atoms. The highest BCUT2D eigenvalue weighted by Crippen LogP contribution is 2.31. The molecule has 0 heterocycles. The van der Waals surface area contributed by atoms with Gasteiger partial charge in [0.2, 0.25) is 0 Å². The summed E-state index contributed by atoms with van der Waals surface area (Å²) in [4.78, 5) is 22.7. The SMILES string of the molecule is COc1ccc([N+](=O)[O-])cc1NS(=O)(=O)c1cccc(C(=O)Nc2ccc(Cl)cc2)c1. The number of ether oxygens (including phenoxy) is 1. The molecule has 0 atom stereocenters. The van der Waals surface area contributed by atoms with Crippen LogP contribution in [0.3, 0.4) is 0 Å². The number of methoxy groups -OCH3 is 1. The number of non-ortho nitro benzene ring substituents is 1. The van der Waals surface area contributed by atoms with E-state index >= 15 is 0 Å². The molecule has 0 spiro atoms. The van der Waals surface area contributed by atoms with Gasteiger partial charge in [0.25, 0.3) is 21.6 Å². The number of hydrogen-bond acceptors (Lipinski definition) is 6. The Labute approximate surface area is 182 Å². The van der Waals surface area contributed by atoms with Crippen molar-refractivity contribution in [3.05, 3.63) is 87.4 Å². The number of amides is 1. The maximum atomic E-state index is 12.8. The zero-order valence-electron chi connectivity index (χ0n) is 16.0. The molecule has 0 saturated carbocycles. The number of carbonyl (C=O) groups excluding carboxylic acids is 1. The molecule has 0 unspecified atom stereocenters. The third-order valence-electron chi connectivity index (χ3n) is 4.15. The highest BCUT2D eigenvalue weighted by Gasteiger charge is 2.20. The first-order valence-corrected chi connectivity index (χ1v) is 10.6. The van der Waals surface area contributed by atoms with Crippen LogP contribution in [0.15, 0.2) is 71.6 Å². The molecule has 0 fully saturated rings. The van der Waals surface area contributed by atoms with Crippen LogP contribution >= 0.6 is 11.6 Å². The first-order chi connectivity index (χ1) is 14.7. The molecular weight excluding hydrogens is 446 g/mol. The lowest BCUT2D eigenvalue weighted by Crippen LogP contribution is -2.16. The van der Waals surface area contributed by atoms with Crippen LogP contribution in [0.2, 0.25) is 5.02 Å². The van der Waals surface area contributed by atoms with Gasteiger partial charge >= 0.3 is 0 Å². The van der Waals surface area contributed by atoms with Gasteiger partial charge in [-0.15, -0.1) is 0 Å². The highest BCUT2D eigenvalue weighted by molar-refractivity contribution is 7.92. The van der Waals surface area contributed by atoms with E-state index in [9.17, 15) is 23.3 Å². The number of carbonyl (C=O) groups is 1. The van der Waals surface area contributed by atoms with Crippen molar-refractivity contribution in [3.8, 4) is 5.75 Å². The van der Waals surface area contributed by atoms with Crippen LogP contribution in [0.1, 0.15) is 10.4 Å². The van der Waals surface area contributed by atoms with E-state index in [0.29, 0.717) is 10.7 Å². The molecule has 1 amide bonds. The minimum atomic E-state index is -4.17. The number of sulfonamides is 1. The summed E-state index contributed by atoms with van der Waals surface area (Å²) in [6.07, 6.45) is 0. The largest absolute Gasteiger partial charge is 0.495 e. The number of benzene rings is 3. The number of hydrogen-bond donors (Lipinski definition) is 2. The number of nitrogens with zero attached hydrogens (tertiary/aromatic N) is 1. The minimum absolute atomic E-state index is 0.101. The molecular formula is C20H16ClN3O6S. The van der Waals surface area contributed by atoms with E-state index in [-0.39, 0.29) is 27.6 Å². The van der Waals surface area contributed by atoms with Crippen LogP contribution in [-0.2, 0) is 10.0 Å². The quantitative estimate of drug-likeness (QED) is 0.398. The Morgan fingerprint density at radius 3 is 2.42 bits per heavy atom. The molecule has 2 N–H and O–H groups in total. The molecule has 160 valence electrons. The Hall–Kier alpha value is -3.63. The Kier molecular flexibility index (Phi) is 6.42. The second-order valence-corrected chi connectivity index (χ2v) is 8.35. The fourth-order valence-electron chi connectivity index (χ4n) is 2.63. The molecule has 0 aliphatic carbocycles. The normalized spacial score (nSPS) is 10.9. The summed E-state index contributed by atoms with van der Waals surface area (Å²) in [5.41, 5.74) is 0.174. The van der Waals surface area contributed by atoms with E-state index in [1.807, 2.05) is 0 Å². The van der Waals surface area contributed by atoms with E-state index in [1.54, 1.807) is 24.3 Å². The molecule has 3 rings (SSSR count). The van der Waals surface area contributed by atoms with Crippen molar-refractivity contribution in [2.45, 2.75) is 4.90 Å². The topological polar surface area (TPSA) is 128 Å². The van der Waals surface area contributed by atoms with E-state index in [1.165, 1.54) is 43.5 Å². The Morgan fingerprint density at radius 1 is 1.06 bits per heavy atom. The van der Waals surface area contributed by atoms with E-state index < -0.39 is 20.9 Å². The van der Waals surface area contributed by atoms with E-state index in [4.69, 9.17) is 16.3 Å². The summed E-state index contributed by atoms with van der Waals surface area (Å²) in [6.45, 7) is 0. The lowest BCUT2D eigenvalue weighted by molar-refractivity contribution is -0.384. The number of nitro benzene ring substituents is 1. The van der Waals surface area contributed by atoms with Crippen LogP contribution in [0.5, 0.6) is 5.75 Å². The summed E-state index contributed by atoms with van der Waals surface area (Å²) < 4.78 is 33.0. The van der Waals surface area contributed by atoms with Crippen molar-refractivity contribution in [2.24, 2.45) is 0 Å². The molecule has 3 aromatic rings. The van der Waals surface area contributed by atoms with Crippen molar-refractivity contribution in [2.75, 3.05) is 17.1 Å². The van der Waals surface area contributed by atoms with Gasteiger partial charge in [0.15, 0.2) is 0 Å². The average molecular weight is 462 g/mol. The van der Waals surface area contributed by atoms with Crippen molar-refractivity contribution in [3.63, 3.8) is 0 Å². The number of rotatable bonds is 7. The fourth-order valence-corrected chi connectivity index (χ4v) is 3.87. The van der Waals surface area contributed by atoms with Gasteiger partial charge in [0.1, 0.15) is 5.75 Å². The van der Waals surface area contributed by atoms with Gasteiger partial charge in [0.05, 0.1) is 22.6 Å². The van der Waals surface area contributed by atoms with Gasteiger partial charge in [-0.05, 0) is 48.5 Å². The number of anilines is 2. The smallest absolute Gasteiger partial charge is 0.271 e. The van der Waals surface area contributed by atoms with Crippen molar-refractivity contribution < 1.29 is 22.9 Å². The van der Waals surface area contributed by atoms with Crippen LogP contribution in [0.25, 0.3) is 0 Å². The summed E-state index contributed by atoms with van der Waals surface area (Å²) in [5, 5.41) is 14.2. The lowest BCUT2D eigenvalue weighted by atomic mass is 10.2. The third kappa shape index (κ3) is 5.30. The second-order valence-electron chi connectivity index (χ2n) is 6.24. The van der Waals surface area contributed by atoms with Crippen molar-refractivity contribution >= 4 is 44.6 Å². The van der Waals surface area contributed by atoms with Crippen LogP contribution in [0, 0.1) is 10.1 Å². The first kappa shape index (κ1) is 22.1. The van der Waals surface area contributed by atoms with E-state index in [2.05, 4.69) is 10.0 Å². The Bertz CT molecular complexity index is 1250. The van der Waals surface area contributed by atoms with Gasteiger partial charge in [-0.1, -0.05) is 17.7 Å². The molecule has 0 aliphatic rings. The summed E-state index contributed by atoms with van der Waals surface area (Å²) in [7, 11) is -2.87. The average Bonchev–Trinajstić information content (AvgIpc) is 2.75. The van der Waals surface area contributed by atoms with Gasteiger partial charge in [-0.25, -0.2) is 8.42 Å². The minimum Gasteiger partial charge on any atom is -0.495 e. The molecule has 0 aromatic heterocycles. The maximum absolute atomic E-state index is 12.8. The maximum Gasteiger partial charge on any atom is 0.271 e. The summed E-state index contributed by atoms with van der Waals surface area (Å²) in [5.74, 6) is -0.418. The Morgan fingerprint density at radius 2 is 1.77 bits per heavy atom. The lowest BCUT2D eigenvalue weighted by Gasteiger charge is -2.12. The highest BCUT2D eigenvalue weighted by atomic mass is 35.5. The third-order valence-corrected chi connectivity index (χ3v) is 5.76. The zero-order valence-corrected chi connectivity index (χ0v) is 17.6. The molecule has 9 nitrogen and oxygen atoms in total. The molecule has 3 aromatic carbocycles. The van der Waals surface area contributed by atoms with Crippen LogP contribution in [-0.4, -0.2) is 26.4 Å². The monoisotopic (exact) mass is 461 g/mol. The van der Waals surface area contributed by atoms with Crippen LogP contribution in [0.4, 0.5) is 17.1 Å². The van der Waals surface area contributed by atoms with Crippen molar-refractivity contribution in [1.82, 2.24) is 0 Å². The summed E-state index contributed by atoms with van der Waals surface area (Å²) >= 11 is 5.82. The van der Waals surface area contributed by atoms with Gasteiger partial charge in [-0.3, -0.25) is 19.6 Å². The van der Waals surface area contributed by atoms with Gasteiger partial charge in [0, 0.05) is 28.4 Å². The molecule has 0 radical (unpaired) electrons. The van der Waals surface area contributed by atoms with Crippen LogP contribution < -0.4 is 14.8 Å². The Balaban J connectivity index is 1.87. The van der Waals surface area contributed by atoms with Crippen molar-refractivity contribution in [1.29, 1.82) is 0 Å². The first-order valence-electron chi connectivity index (χ1n) is 8.72. The predicted octanol–water partition coefficient (Wildman–Crippen LogP) is 4.31. The van der Waals surface area contributed by atoms with Gasteiger partial charge < -0.3 is 10.1 Å². The standard InChI is InChI=1S/C20H16ClN3O6S/c1-30-19-10-9-16(24(26)27)12-18(19)23-31(28,29)17-4-2-3-13(11-17)20(25)22-15-7-5-14(21)6-8-15/h2-12,23H,1H3,(H,22,25). The molecule has 11 heteroatoms. The molecule has 0 saturated heterocycles. The predicted molar refractivity (Wildman–Crippen MR) is 116 cm³/mol. The zero-order chi connectivity index (χ0) is 22.6. The van der Waals surface area contributed by atoms with E-state index in [0.717, 1.165) is 6.07 Å². The second kappa shape index (κ2) is 9.02. The number of nitrogens with one attached hydrogen (secondary N) is 2. The molecule has 0 bridgehead atoms. The number of nitro groups is 1. The number of halogens is 1. The summed E-state index contributed by atoms with van der Waals surface area (Å²) in [6, 6.07) is 15.3.